The van der Waals surface area contributed by atoms with E-state index >= 15 is 0 Å². The Morgan fingerprint density at radius 3 is 2.33 bits per heavy atom. The highest BCUT2D eigenvalue weighted by molar-refractivity contribution is 5.89. The maximum atomic E-state index is 13.0. The van der Waals surface area contributed by atoms with Gasteiger partial charge in [-0.05, 0) is 44.2 Å². The van der Waals surface area contributed by atoms with E-state index in [1.54, 1.807) is 36.4 Å². The molecule has 0 aromatic heterocycles. The molecule has 5 nitrogen and oxygen atoms in total. The van der Waals surface area contributed by atoms with Gasteiger partial charge in [0.2, 0.25) is 0 Å². The van der Waals surface area contributed by atoms with Crippen LogP contribution in [-0.4, -0.2) is 42.1 Å². The number of esters is 2. The van der Waals surface area contributed by atoms with E-state index in [0.29, 0.717) is 23.8 Å². The minimum absolute atomic E-state index is 0.0357. The fourth-order valence-electron chi connectivity index (χ4n) is 4.30. The van der Waals surface area contributed by atoms with Crippen molar-refractivity contribution in [2.75, 3.05) is 7.05 Å². The van der Waals surface area contributed by atoms with Crippen molar-refractivity contribution in [3.8, 4) is 5.75 Å². The average Bonchev–Trinajstić information content (AvgIpc) is 2.92. The highest BCUT2D eigenvalue weighted by Gasteiger charge is 2.51. The average molecular weight is 365 g/mol. The van der Waals surface area contributed by atoms with E-state index in [1.165, 1.54) is 0 Å². The molecule has 0 aliphatic carbocycles. The lowest BCUT2D eigenvalue weighted by Crippen LogP contribution is -2.54. The fraction of sp³-hybridized carbons (Fsp3) is 0.364. The van der Waals surface area contributed by atoms with Crippen molar-refractivity contribution in [2.24, 2.45) is 5.92 Å². The molecular formula is C22H23NO4. The molecule has 4 atom stereocenters. The molecule has 2 fully saturated rings. The molecule has 2 aromatic rings. The summed E-state index contributed by atoms with van der Waals surface area (Å²) >= 11 is 0. The third-order valence-corrected chi connectivity index (χ3v) is 5.72. The second-order valence-corrected chi connectivity index (χ2v) is 7.27. The van der Waals surface area contributed by atoms with E-state index in [1.807, 2.05) is 31.3 Å². The Hall–Kier alpha value is -2.66. The summed E-state index contributed by atoms with van der Waals surface area (Å²) in [6.45, 7) is 0. The number of carbonyl (C=O) groups excluding carboxylic acids is 2. The molecule has 0 N–H and O–H groups in total. The van der Waals surface area contributed by atoms with Gasteiger partial charge in [-0.2, -0.15) is 0 Å². The van der Waals surface area contributed by atoms with Crippen LogP contribution in [-0.2, 0) is 9.53 Å². The Morgan fingerprint density at radius 2 is 1.63 bits per heavy atom. The van der Waals surface area contributed by atoms with Crippen molar-refractivity contribution in [3.63, 3.8) is 0 Å². The molecule has 4 rings (SSSR count). The summed E-state index contributed by atoms with van der Waals surface area (Å²) < 4.78 is 11.4. The topological polar surface area (TPSA) is 55.8 Å². The lowest BCUT2D eigenvalue weighted by molar-refractivity contribution is -0.149. The maximum absolute atomic E-state index is 13.0. The van der Waals surface area contributed by atoms with Crippen LogP contribution < -0.4 is 4.74 Å². The second-order valence-electron chi connectivity index (χ2n) is 7.27. The van der Waals surface area contributed by atoms with Crippen molar-refractivity contribution in [1.29, 1.82) is 0 Å². The molecule has 5 heteroatoms. The minimum Gasteiger partial charge on any atom is -0.458 e. The number of fused-ring (bicyclic) bond motifs is 2. The zero-order valence-electron chi connectivity index (χ0n) is 15.3. The van der Waals surface area contributed by atoms with Crippen LogP contribution in [0.2, 0.25) is 0 Å². The third-order valence-electron chi connectivity index (χ3n) is 5.72. The number of hydrogen-bond acceptors (Lipinski definition) is 5. The molecule has 0 radical (unpaired) electrons. The van der Waals surface area contributed by atoms with E-state index in [0.717, 1.165) is 12.8 Å². The Bertz CT molecular complexity index is 808. The number of rotatable bonds is 4. The minimum atomic E-state index is -0.485. The number of piperidine rings is 1. The first kappa shape index (κ1) is 17.7. The Kier molecular flexibility index (Phi) is 4.94. The van der Waals surface area contributed by atoms with Crippen molar-refractivity contribution < 1.29 is 19.1 Å². The molecule has 2 saturated heterocycles. The molecule has 0 saturated carbocycles. The van der Waals surface area contributed by atoms with Gasteiger partial charge >= 0.3 is 11.9 Å². The van der Waals surface area contributed by atoms with Gasteiger partial charge in [-0.3, -0.25) is 9.69 Å². The molecule has 0 amide bonds. The third kappa shape index (κ3) is 3.60. The van der Waals surface area contributed by atoms with Crippen LogP contribution in [0, 0.1) is 5.92 Å². The van der Waals surface area contributed by atoms with Gasteiger partial charge in [-0.15, -0.1) is 0 Å². The first-order valence-corrected chi connectivity index (χ1v) is 9.38. The Labute approximate surface area is 158 Å². The summed E-state index contributed by atoms with van der Waals surface area (Å²) in [4.78, 5) is 27.8. The number of carbonyl (C=O) groups is 2. The smallest absolute Gasteiger partial charge is 0.338 e. The fourth-order valence-corrected chi connectivity index (χ4v) is 4.30. The molecular weight excluding hydrogens is 342 g/mol. The summed E-state index contributed by atoms with van der Waals surface area (Å²) in [5.74, 6) is -0.689. The first-order chi connectivity index (χ1) is 13.1. The normalized spacial score (nSPS) is 27.1. The summed E-state index contributed by atoms with van der Waals surface area (Å²) in [5.41, 5.74) is 0.499. The Morgan fingerprint density at radius 1 is 0.963 bits per heavy atom. The van der Waals surface area contributed by atoms with Crippen molar-refractivity contribution in [3.05, 3.63) is 66.2 Å². The summed E-state index contributed by atoms with van der Waals surface area (Å²) in [7, 11) is 2.04. The van der Waals surface area contributed by atoms with Gasteiger partial charge in [0.15, 0.2) is 0 Å². The van der Waals surface area contributed by atoms with Gasteiger partial charge in [0.1, 0.15) is 17.8 Å². The maximum Gasteiger partial charge on any atom is 0.338 e. The number of hydrogen-bond donors (Lipinski definition) is 0. The van der Waals surface area contributed by atoms with E-state index in [2.05, 4.69) is 4.90 Å². The molecule has 2 aromatic carbocycles. The standard InChI is InChI=1S/C22H23NO4/c1-23-16-12-13-18(23)20(22(25)26-17-10-6-3-7-11-17)19(14-16)27-21(24)15-8-4-2-5-9-15/h2-11,16,18-20H,12-14H2,1H3/t16-,18+,19-,20+/m0/s1. The Balaban J connectivity index is 1.55. The lowest BCUT2D eigenvalue weighted by Gasteiger charge is -2.40. The molecule has 2 aliphatic rings. The van der Waals surface area contributed by atoms with Crippen LogP contribution in [0.5, 0.6) is 5.75 Å². The van der Waals surface area contributed by atoms with E-state index < -0.39 is 12.0 Å². The van der Waals surface area contributed by atoms with Crippen LogP contribution in [0.4, 0.5) is 0 Å². The molecule has 0 spiro atoms. The van der Waals surface area contributed by atoms with E-state index in [4.69, 9.17) is 9.47 Å². The number of benzene rings is 2. The van der Waals surface area contributed by atoms with E-state index in [9.17, 15) is 9.59 Å². The van der Waals surface area contributed by atoms with Gasteiger partial charge in [0, 0.05) is 18.5 Å². The van der Waals surface area contributed by atoms with Crippen LogP contribution in [0.15, 0.2) is 60.7 Å². The van der Waals surface area contributed by atoms with Gasteiger partial charge in [-0.25, -0.2) is 4.79 Å². The summed E-state index contributed by atoms with van der Waals surface area (Å²) in [6, 6.07) is 18.3. The quantitative estimate of drug-likeness (QED) is 0.615. The van der Waals surface area contributed by atoms with Crippen molar-refractivity contribution in [1.82, 2.24) is 4.90 Å². The molecule has 2 bridgehead atoms. The van der Waals surface area contributed by atoms with Crippen LogP contribution in [0.25, 0.3) is 0 Å². The zero-order valence-corrected chi connectivity index (χ0v) is 15.3. The van der Waals surface area contributed by atoms with Crippen LogP contribution >= 0.6 is 0 Å². The van der Waals surface area contributed by atoms with Gasteiger partial charge in [0.05, 0.1) is 5.56 Å². The lowest BCUT2D eigenvalue weighted by atomic mass is 9.87. The SMILES string of the molecule is CN1[C@H]2CC[C@@H]1[C@@H](C(=O)Oc1ccccc1)[C@@H](OC(=O)c1ccccc1)C2. The van der Waals surface area contributed by atoms with Gasteiger partial charge < -0.3 is 9.47 Å². The molecule has 140 valence electrons. The van der Waals surface area contributed by atoms with Gasteiger partial charge in [0.25, 0.3) is 0 Å². The molecule has 27 heavy (non-hydrogen) atoms. The summed E-state index contributed by atoms with van der Waals surface area (Å²) in [6.07, 6.45) is 2.10. The number of ether oxygens (including phenoxy) is 2. The van der Waals surface area contributed by atoms with Crippen molar-refractivity contribution >= 4 is 11.9 Å². The molecule has 2 heterocycles. The highest BCUT2D eigenvalue weighted by Crippen LogP contribution is 2.40. The highest BCUT2D eigenvalue weighted by atomic mass is 16.6. The zero-order chi connectivity index (χ0) is 18.8. The van der Waals surface area contributed by atoms with Crippen molar-refractivity contribution in [2.45, 2.75) is 37.5 Å². The van der Waals surface area contributed by atoms with Crippen LogP contribution in [0.3, 0.4) is 0 Å². The second kappa shape index (κ2) is 7.53. The molecule has 0 unspecified atom stereocenters. The number of para-hydroxylation sites is 1. The number of nitrogens with zero attached hydrogens (tertiary/aromatic N) is 1. The first-order valence-electron chi connectivity index (χ1n) is 9.38. The predicted molar refractivity (Wildman–Crippen MR) is 100 cm³/mol. The molecule has 2 aliphatic heterocycles. The van der Waals surface area contributed by atoms with Gasteiger partial charge in [-0.1, -0.05) is 36.4 Å². The van der Waals surface area contributed by atoms with Crippen LogP contribution in [0.1, 0.15) is 29.6 Å². The van der Waals surface area contributed by atoms with E-state index in [-0.39, 0.29) is 18.0 Å². The predicted octanol–water partition coefficient (Wildman–Crippen LogP) is 3.30. The summed E-state index contributed by atoms with van der Waals surface area (Å²) in [5, 5.41) is 0. The largest absolute Gasteiger partial charge is 0.458 e. The monoisotopic (exact) mass is 365 g/mol.